The molecule has 0 atom stereocenters. The number of phenolic OH excluding ortho intramolecular Hbond substituents is 1. The first-order chi connectivity index (χ1) is 20.4. The maximum Gasteiger partial charge on any atom is 0.446 e. The van der Waals surface area contributed by atoms with Gasteiger partial charge in [-0.15, -0.1) is 0 Å². The van der Waals surface area contributed by atoms with E-state index in [-0.39, 0.29) is 63.7 Å². The van der Waals surface area contributed by atoms with Crippen molar-refractivity contribution in [2.45, 2.75) is 56.1 Å². The van der Waals surface area contributed by atoms with Crippen molar-refractivity contribution in [2.24, 2.45) is 11.8 Å². The number of halogens is 6. The molecule has 3 aromatic rings. The van der Waals surface area contributed by atoms with Crippen molar-refractivity contribution in [3.63, 3.8) is 0 Å². The highest BCUT2D eigenvalue weighted by Crippen LogP contribution is 2.38. The van der Waals surface area contributed by atoms with E-state index < -0.39 is 32.1 Å². The number of nitrogens with zero attached hydrogens (tertiary/aromatic N) is 2. The molecular weight excluding hydrogens is 680 g/mol. The summed E-state index contributed by atoms with van der Waals surface area (Å²) in [5.74, 6) is -1.13. The summed E-state index contributed by atoms with van der Waals surface area (Å²) in [7, 11) is -4.28. The molecule has 0 aliphatic heterocycles. The lowest BCUT2D eigenvalue weighted by Crippen LogP contribution is -2.34. The second-order valence-electron chi connectivity index (χ2n) is 11.0. The molecule has 0 spiro atoms. The Labute approximate surface area is 275 Å². The highest BCUT2D eigenvalue weighted by atomic mass is 35.5. The predicted molar refractivity (Wildman–Crippen MR) is 170 cm³/mol. The van der Waals surface area contributed by atoms with Gasteiger partial charge in [0.15, 0.2) is 5.75 Å². The van der Waals surface area contributed by atoms with Crippen LogP contribution in [0.4, 0.5) is 13.2 Å². The highest BCUT2D eigenvalue weighted by Gasteiger charge is 2.31. The number of rotatable bonds is 12. The standard InChI is InChI=1S/C30H32Cl3F3N2O4S2/c1-18(2)14-37(29(40)22-6-5-7-25(11-22)43-30(34,35)36)16-20-8-21(10-23(31)9-20)17-38(15-19(3)4)44(41,42)27-13-24(32)12-26(33)28(27)39/h5-13,18-19,39H,14-17H2,1-4H3. The smallest absolute Gasteiger partial charge is 0.446 e. The zero-order chi connectivity index (χ0) is 33.0. The number of alkyl halides is 3. The average molecular weight is 712 g/mol. The number of hydrogen-bond acceptors (Lipinski definition) is 5. The van der Waals surface area contributed by atoms with E-state index in [1.165, 1.54) is 39.5 Å². The van der Waals surface area contributed by atoms with Gasteiger partial charge in [-0.05, 0) is 77.2 Å². The first kappa shape index (κ1) is 36.3. The summed E-state index contributed by atoms with van der Waals surface area (Å²) in [5, 5.41) is 10.6. The van der Waals surface area contributed by atoms with Crippen molar-refractivity contribution in [1.82, 2.24) is 9.21 Å². The lowest BCUT2D eigenvalue weighted by molar-refractivity contribution is -0.0328. The molecule has 3 rings (SSSR count). The van der Waals surface area contributed by atoms with Gasteiger partial charge in [0.1, 0.15) is 4.90 Å². The van der Waals surface area contributed by atoms with Gasteiger partial charge < -0.3 is 10.0 Å². The van der Waals surface area contributed by atoms with Gasteiger partial charge >= 0.3 is 5.51 Å². The zero-order valence-electron chi connectivity index (χ0n) is 24.3. The number of amides is 1. The van der Waals surface area contributed by atoms with Gasteiger partial charge in [-0.1, -0.05) is 74.6 Å². The topological polar surface area (TPSA) is 77.9 Å². The van der Waals surface area contributed by atoms with Gasteiger partial charge in [-0.2, -0.15) is 17.5 Å². The number of aromatic hydroxyl groups is 1. The van der Waals surface area contributed by atoms with Crippen LogP contribution < -0.4 is 0 Å². The van der Waals surface area contributed by atoms with E-state index in [4.69, 9.17) is 34.8 Å². The molecule has 0 saturated heterocycles. The molecule has 0 bridgehead atoms. The molecule has 0 aromatic heterocycles. The Morgan fingerprint density at radius 1 is 0.886 bits per heavy atom. The van der Waals surface area contributed by atoms with E-state index in [2.05, 4.69) is 0 Å². The van der Waals surface area contributed by atoms with Gasteiger partial charge in [0.25, 0.3) is 5.91 Å². The van der Waals surface area contributed by atoms with E-state index in [1.54, 1.807) is 18.2 Å². The molecule has 0 radical (unpaired) electrons. The third-order valence-corrected chi connectivity index (χ3v) is 9.39. The van der Waals surface area contributed by atoms with Crippen LogP contribution in [0.3, 0.4) is 0 Å². The van der Waals surface area contributed by atoms with Crippen molar-refractivity contribution in [3.05, 3.63) is 86.4 Å². The molecule has 44 heavy (non-hydrogen) atoms. The van der Waals surface area contributed by atoms with Crippen LogP contribution in [-0.4, -0.2) is 47.2 Å². The molecule has 0 saturated carbocycles. The monoisotopic (exact) mass is 710 g/mol. The van der Waals surface area contributed by atoms with Crippen LogP contribution in [0.25, 0.3) is 0 Å². The second-order valence-corrected chi connectivity index (χ2v) is 15.4. The summed E-state index contributed by atoms with van der Waals surface area (Å²) in [6.45, 7) is 7.85. The van der Waals surface area contributed by atoms with E-state index in [9.17, 15) is 31.5 Å². The minimum absolute atomic E-state index is 0.0363. The first-order valence-electron chi connectivity index (χ1n) is 13.5. The van der Waals surface area contributed by atoms with Crippen molar-refractivity contribution in [3.8, 4) is 5.75 Å². The fraction of sp³-hybridized carbons (Fsp3) is 0.367. The van der Waals surface area contributed by atoms with Gasteiger partial charge in [-0.3, -0.25) is 4.79 Å². The molecule has 1 amide bonds. The molecule has 0 heterocycles. The molecule has 0 aliphatic carbocycles. The normalized spacial score (nSPS) is 12.4. The Balaban J connectivity index is 1.96. The number of thioether (sulfide) groups is 1. The summed E-state index contributed by atoms with van der Waals surface area (Å²) in [6, 6.07) is 12.7. The van der Waals surface area contributed by atoms with Crippen molar-refractivity contribution < 1.29 is 31.5 Å². The van der Waals surface area contributed by atoms with Crippen LogP contribution in [0.5, 0.6) is 5.75 Å². The number of phenols is 1. The molecule has 14 heteroatoms. The third kappa shape index (κ3) is 10.2. The SMILES string of the molecule is CC(C)CN(Cc1cc(Cl)cc(CN(CC(C)C)S(=O)(=O)c2cc(Cl)cc(Cl)c2O)c1)C(=O)c1cccc(SC(F)(F)F)c1. The predicted octanol–water partition coefficient (Wildman–Crippen LogP) is 9.11. The van der Waals surface area contributed by atoms with Crippen LogP contribution in [0, 0.1) is 11.8 Å². The molecule has 0 unspecified atom stereocenters. The lowest BCUT2D eigenvalue weighted by Gasteiger charge is -2.27. The Kier molecular flexibility index (Phi) is 12.3. The molecule has 6 nitrogen and oxygen atoms in total. The minimum Gasteiger partial charge on any atom is -0.505 e. The molecule has 240 valence electrons. The van der Waals surface area contributed by atoms with Crippen LogP contribution in [0.15, 0.2) is 64.4 Å². The maximum absolute atomic E-state index is 13.7. The fourth-order valence-corrected chi connectivity index (χ4v) is 7.74. The van der Waals surface area contributed by atoms with Gasteiger partial charge in [0.05, 0.1) is 5.02 Å². The summed E-state index contributed by atoms with van der Waals surface area (Å²) in [6.07, 6.45) is 0. The largest absolute Gasteiger partial charge is 0.505 e. The molecule has 0 aliphatic rings. The molecule has 0 fully saturated rings. The number of carbonyl (C=O) groups is 1. The van der Waals surface area contributed by atoms with E-state index in [0.29, 0.717) is 22.7 Å². The number of sulfonamides is 1. The zero-order valence-corrected chi connectivity index (χ0v) is 28.2. The number of carbonyl (C=O) groups excluding carboxylic acids is 1. The third-order valence-electron chi connectivity index (χ3n) is 6.12. The van der Waals surface area contributed by atoms with E-state index in [1.807, 2.05) is 27.7 Å². The van der Waals surface area contributed by atoms with Gasteiger partial charge in [0.2, 0.25) is 10.0 Å². The number of benzene rings is 3. The minimum atomic E-state index is -4.49. The van der Waals surface area contributed by atoms with Gasteiger partial charge in [-0.25, -0.2) is 8.42 Å². The summed E-state index contributed by atoms with van der Waals surface area (Å²) in [4.78, 5) is 14.5. The Morgan fingerprint density at radius 2 is 1.48 bits per heavy atom. The van der Waals surface area contributed by atoms with Crippen molar-refractivity contribution >= 4 is 62.5 Å². The van der Waals surface area contributed by atoms with Crippen LogP contribution in [0.2, 0.25) is 15.1 Å². The summed E-state index contributed by atoms with van der Waals surface area (Å²) in [5.41, 5.74) is -3.27. The van der Waals surface area contributed by atoms with Crippen molar-refractivity contribution in [2.75, 3.05) is 13.1 Å². The Morgan fingerprint density at radius 3 is 2.07 bits per heavy atom. The maximum atomic E-state index is 13.7. The summed E-state index contributed by atoms with van der Waals surface area (Å²) < 4.78 is 67.5. The average Bonchev–Trinajstić information content (AvgIpc) is 2.87. The molecule has 1 N–H and O–H groups in total. The van der Waals surface area contributed by atoms with E-state index >= 15 is 0 Å². The van der Waals surface area contributed by atoms with Gasteiger partial charge in [0, 0.05) is 46.7 Å². The highest BCUT2D eigenvalue weighted by molar-refractivity contribution is 8.00. The molecule has 3 aromatic carbocycles. The van der Waals surface area contributed by atoms with Crippen molar-refractivity contribution in [1.29, 1.82) is 0 Å². The fourth-order valence-electron chi connectivity index (χ4n) is 4.53. The summed E-state index contributed by atoms with van der Waals surface area (Å²) >= 11 is 18.2. The number of hydrogen-bond donors (Lipinski definition) is 1. The van der Waals surface area contributed by atoms with Crippen LogP contribution in [0.1, 0.15) is 49.2 Å². The first-order valence-corrected chi connectivity index (χ1v) is 16.9. The Hall–Kier alpha value is -2.15. The van der Waals surface area contributed by atoms with E-state index in [0.717, 1.165) is 6.07 Å². The molecular formula is C30H32Cl3F3N2O4S2. The quantitative estimate of drug-likeness (QED) is 0.190. The van der Waals surface area contributed by atoms with Crippen LogP contribution >= 0.6 is 46.6 Å². The lowest BCUT2D eigenvalue weighted by atomic mass is 10.1. The Bertz CT molecular complexity index is 1600. The second kappa shape index (κ2) is 15.0. The van der Waals surface area contributed by atoms with Crippen LogP contribution in [-0.2, 0) is 23.1 Å².